The quantitative estimate of drug-likeness (QED) is 0.812. The number of amides is 1. The normalized spacial score (nSPS) is 11.5. The Labute approximate surface area is 137 Å². The highest BCUT2D eigenvalue weighted by Crippen LogP contribution is 2.18. The molecule has 0 aromatic heterocycles. The van der Waals surface area contributed by atoms with Crippen molar-refractivity contribution in [2.45, 2.75) is 12.7 Å². The maximum Gasteiger partial charge on any atom is 0.422 e. The summed E-state index contributed by atoms with van der Waals surface area (Å²) in [7, 11) is 0. The minimum atomic E-state index is -4.36. The molecule has 0 heterocycles. The second kappa shape index (κ2) is 8.19. The number of benzene rings is 2. The van der Waals surface area contributed by atoms with Gasteiger partial charge >= 0.3 is 6.18 Å². The van der Waals surface area contributed by atoms with E-state index in [1.807, 2.05) is 30.3 Å². The molecule has 0 aliphatic carbocycles. The molecule has 0 unspecified atom stereocenters. The van der Waals surface area contributed by atoms with Crippen LogP contribution in [0.2, 0.25) is 0 Å². The largest absolute Gasteiger partial charge is 0.484 e. The van der Waals surface area contributed by atoms with Gasteiger partial charge in [0.15, 0.2) is 6.61 Å². The second-order valence-corrected chi connectivity index (χ2v) is 5.01. The summed E-state index contributed by atoms with van der Waals surface area (Å²) in [6, 6.07) is 15.5. The summed E-state index contributed by atoms with van der Waals surface area (Å²) in [5.41, 5.74) is 1.68. The summed E-state index contributed by atoms with van der Waals surface area (Å²) >= 11 is 0. The number of carbonyl (C=O) groups excluding carboxylic acids is 1. The molecule has 24 heavy (non-hydrogen) atoms. The highest BCUT2D eigenvalue weighted by molar-refractivity contribution is 5.91. The third-order valence-corrected chi connectivity index (χ3v) is 3.02. The van der Waals surface area contributed by atoms with E-state index in [4.69, 9.17) is 0 Å². The number of nitrogens with one attached hydrogen (secondary N) is 1. The van der Waals surface area contributed by atoms with Crippen molar-refractivity contribution in [1.29, 1.82) is 0 Å². The van der Waals surface area contributed by atoms with Crippen molar-refractivity contribution in [3.05, 3.63) is 71.8 Å². The summed E-state index contributed by atoms with van der Waals surface area (Å²) in [6.45, 7) is -1.05. The SMILES string of the molecule is O=C(/C=C/c1ccccc1)NCc1ccc(OCC(F)(F)F)cc1. The number of hydrogen-bond donors (Lipinski definition) is 1. The van der Waals surface area contributed by atoms with Crippen LogP contribution >= 0.6 is 0 Å². The molecule has 126 valence electrons. The maximum atomic E-state index is 12.0. The van der Waals surface area contributed by atoms with E-state index in [1.165, 1.54) is 18.2 Å². The van der Waals surface area contributed by atoms with Crippen LogP contribution < -0.4 is 10.1 Å². The van der Waals surface area contributed by atoms with Crippen LogP contribution in [0.4, 0.5) is 13.2 Å². The van der Waals surface area contributed by atoms with Crippen molar-refractivity contribution in [2.75, 3.05) is 6.61 Å². The first-order valence-corrected chi connectivity index (χ1v) is 7.22. The lowest BCUT2D eigenvalue weighted by Gasteiger charge is -2.09. The molecule has 2 aromatic carbocycles. The fourth-order valence-electron chi connectivity index (χ4n) is 1.85. The van der Waals surface area contributed by atoms with E-state index in [9.17, 15) is 18.0 Å². The molecule has 2 aromatic rings. The Morgan fingerprint density at radius 1 is 1.04 bits per heavy atom. The lowest BCUT2D eigenvalue weighted by molar-refractivity contribution is -0.153. The van der Waals surface area contributed by atoms with Crippen LogP contribution in [0.5, 0.6) is 5.75 Å². The summed E-state index contributed by atoms with van der Waals surface area (Å²) in [5, 5.41) is 2.70. The minimum absolute atomic E-state index is 0.131. The first-order chi connectivity index (χ1) is 11.4. The van der Waals surface area contributed by atoms with Gasteiger partial charge in [0.25, 0.3) is 0 Å². The summed E-state index contributed by atoms with van der Waals surface area (Å²) in [5.74, 6) is -0.123. The Hall–Kier alpha value is -2.76. The van der Waals surface area contributed by atoms with E-state index < -0.39 is 12.8 Å². The zero-order valence-electron chi connectivity index (χ0n) is 12.7. The molecular formula is C18H16F3NO2. The Kier molecular flexibility index (Phi) is 6.01. The zero-order valence-corrected chi connectivity index (χ0v) is 12.7. The van der Waals surface area contributed by atoms with Gasteiger partial charge in [-0.1, -0.05) is 42.5 Å². The van der Waals surface area contributed by atoms with Crippen LogP contribution in [-0.4, -0.2) is 18.7 Å². The van der Waals surface area contributed by atoms with Gasteiger partial charge in [-0.15, -0.1) is 0 Å². The van der Waals surface area contributed by atoms with Gasteiger partial charge < -0.3 is 10.1 Å². The van der Waals surface area contributed by atoms with Gasteiger partial charge in [0, 0.05) is 12.6 Å². The predicted molar refractivity (Wildman–Crippen MR) is 85.3 cm³/mol. The van der Waals surface area contributed by atoms with Crippen molar-refractivity contribution in [3.8, 4) is 5.75 Å². The fourth-order valence-corrected chi connectivity index (χ4v) is 1.85. The maximum absolute atomic E-state index is 12.0. The molecule has 0 aliphatic heterocycles. The van der Waals surface area contributed by atoms with Crippen LogP contribution in [-0.2, 0) is 11.3 Å². The number of ether oxygens (including phenoxy) is 1. The molecule has 3 nitrogen and oxygen atoms in total. The Balaban J connectivity index is 1.79. The highest BCUT2D eigenvalue weighted by atomic mass is 19.4. The summed E-state index contributed by atoms with van der Waals surface area (Å²) < 4.78 is 40.8. The molecule has 6 heteroatoms. The van der Waals surface area contributed by atoms with Gasteiger partial charge in [0.2, 0.25) is 5.91 Å². The topological polar surface area (TPSA) is 38.3 Å². The van der Waals surface area contributed by atoms with Crippen molar-refractivity contribution >= 4 is 12.0 Å². The predicted octanol–water partition coefficient (Wildman–Crippen LogP) is 3.96. The number of carbonyl (C=O) groups is 1. The van der Waals surface area contributed by atoms with E-state index in [0.717, 1.165) is 11.1 Å². The zero-order chi connectivity index (χ0) is 17.4. The smallest absolute Gasteiger partial charge is 0.422 e. The van der Waals surface area contributed by atoms with E-state index in [0.29, 0.717) is 0 Å². The van der Waals surface area contributed by atoms with Crippen molar-refractivity contribution < 1.29 is 22.7 Å². The van der Waals surface area contributed by atoms with Crippen molar-refractivity contribution in [2.24, 2.45) is 0 Å². The minimum Gasteiger partial charge on any atom is -0.484 e. The van der Waals surface area contributed by atoms with Gasteiger partial charge in [-0.2, -0.15) is 13.2 Å². The molecular weight excluding hydrogens is 319 g/mol. The number of hydrogen-bond acceptors (Lipinski definition) is 2. The Morgan fingerprint density at radius 3 is 2.33 bits per heavy atom. The second-order valence-electron chi connectivity index (χ2n) is 5.01. The highest BCUT2D eigenvalue weighted by Gasteiger charge is 2.28. The number of alkyl halides is 3. The van der Waals surface area contributed by atoms with Crippen LogP contribution in [0.25, 0.3) is 6.08 Å². The van der Waals surface area contributed by atoms with Gasteiger partial charge in [-0.3, -0.25) is 4.79 Å². The van der Waals surface area contributed by atoms with Crippen LogP contribution in [0.15, 0.2) is 60.7 Å². The van der Waals surface area contributed by atoms with Gasteiger partial charge in [0.1, 0.15) is 5.75 Å². The lowest BCUT2D eigenvalue weighted by atomic mass is 10.2. The molecule has 0 aliphatic rings. The third-order valence-electron chi connectivity index (χ3n) is 3.02. The number of rotatable bonds is 6. The van der Waals surface area contributed by atoms with Gasteiger partial charge in [-0.25, -0.2) is 0 Å². The summed E-state index contributed by atoms with van der Waals surface area (Å²) in [6.07, 6.45) is -1.24. The van der Waals surface area contributed by atoms with Crippen molar-refractivity contribution in [3.63, 3.8) is 0 Å². The van der Waals surface area contributed by atoms with Crippen LogP contribution in [0.1, 0.15) is 11.1 Å². The Bertz CT molecular complexity index is 680. The molecule has 2 rings (SSSR count). The molecule has 0 fully saturated rings. The lowest BCUT2D eigenvalue weighted by Crippen LogP contribution is -2.20. The van der Waals surface area contributed by atoms with E-state index in [2.05, 4.69) is 10.1 Å². The third kappa shape index (κ3) is 6.56. The molecule has 0 radical (unpaired) electrons. The van der Waals surface area contributed by atoms with E-state index in [-0.39, 0.29) is 18.2 Å². The average molecular weight is 335 g/mol. The molecule has 0 saturated heterocycles. The summed E-state index contributed by atoms with van der Waals surface area (Å²) in [4.78, 5) is 11.7. The van der Waals surface area contributed by atoms with Crippen molar-refractivity contribution in [1.82, 2.24) is 5.32 Å². The van der Waals surface area contributed by atoms with E-state index >= 15 is 0 Å². The van der Waals surface area contributed by atoms with Crippen LogP contribution in [0, 0.1) is 0 Å². The first-order valence-electron chi connectivity index (χ1n) is 7.22. The molecule has 1 amide bonds. The monoisotopic (exact) mass is 335 g/mol. The van der Waals surface area contributed by atoms with E-state index in [1.54, 1.807) is 18.2 Å². The molecule has 1 N–H and O–H groups in total. The fraction of sp³-hybridized carbons (Fsp3) is 0.167. The van der Waals surface area contributed by atoms with Crippen LogP contribution in [0.3, 0.4) is 0 Å². The standard InChI is InChI=1S/C18H16F3NO2/c19-18(20,21)13-24-16-9-6-15(7-10-16)12-22-17(23)11-8-14-4-2-1-3-5-14/h1-11H,12-13H2,(H,22,23)/b11-8+. The molecule has 0 saturated carbocycles. The molecule has 0 atom stereocenters. The number of halogens is 3. The van der Waals surface area contributed by atoms with Gasteiger partial charge in [0.05, 0.1) is 0 Å². The first kappa shape index (κ1) is 17.6. The molecule has 0 bridgehead atoms. The Morgan fingerprint density at radius 2 is 1.71 bits per heavy atom. The van der Waals surface area contributed by atoms with Gasteiger partial charge in [-0.05, 0) is 29.3 Å². The molecule has 0 spiro atoms. The average Bonchev–Trinajstić information content (AvgIpc) is 2.57.